The molecule has 1 aliphatic heterocycles. The number of alkyl halides is 2. The van der Waals surface area contributed by atoms with Crippen LogP contribution in [0.3, 0.4) is 0 Å². The highest BCUT2D eigenvalue weighted by Gasteiger charge is 2.37. The third kappa shape index (κ3) is 2.88. The van der Waals surface area contributed by atoms with E-state index in [0.717, 1.165) is 0 Å². The molecule has 0 saturated carbocycles. The molecule has 0 atom stereocenters. The van der Waals surface area contributed by atoms with Gasteiger partial charge in [0.25, 0.3) is 5.92 Å². The zero-order valence-corrected chi connectivity index (χ0v) is 8.99. The maximum Gasteiger partial charge on any atom is 0.250 e. The average molecular weight is 227 g/mol. The van der Waals surface area contributed by atoms with Gasteiger partial charge in [0.2, 0.25) is 10.0 Å². The molecule has 0 radical (unpaired) electrons. The van der Waals surface area contributed by atoms with Crippen molar-refractivity contribution < 1.29 is 17.2 Å². The second kappa shape index (κ2) is 4.10. The molecule has 3 nitrogen and oxygen atoms in total. The summed E-state index contributed by atoms with van der Waals surface area (Å²) in [5, 5.41) is 0. The number of rotatable bonds is 3. The summed E-state index contributed by atoms with van der Waals surface area (Å²) in [5.41, 5.74) is 0. The Bertz CT molecular complexity index is 280. The molecule has 1 saturated heterocycles. The largest absolute Gasteiger partial charge is 0.250 e. The molecule has 0 aromatic rings. The summed E-state index contributed by atoms with van der Waals surface area (Å²) in [4.78, 5) is 0. The van der Waals surface area contributed by atoms with E-state index in [2.05, 4.69) is 0 Å². The van der Waals surface area contributed by atoms with Crippen molar-refractivity contribution in [1.82, 2.24) is 4.31 Å². The van der Waals surface area contributed by atoms with Crippen molar-refractivity contribution in [3.05, 3.63) is 0 Å². The minimum Gasteiger partial charge on any atom is -0.212 e. The Morgan fingerprint density at radius 3 is 2.21 bits per heavy atom. The van der Waals surface area contributed by atoms with Gasteiger partial charge in [-0.05, 0) is 6.42 Å². The van der Waals surface area contributed by atoms with E-state index < -0.39 is 15.9 Å². The fraction of sp³-hybridized carbons (Fsp3) is 1.00. The van der Waals surface area contributed by atoms with Crippen LogP contribution in [0.2, 0.25) is 0 Å². The molecular weight excluding hydrogens is 212 g/mol. The van der Waals surface area contributed by atoms with Gasteiger partial charge in [0, 0.05) is 25.9 Å². The monoisotopic (exact) mass is 227 g/mol. The molecule has 0 bridgehead atoms. The Morgan fingerprint density at radius 1 is 1.29 bits per heavy atom. The van der Waals surface area contributed by atoms with Gasteiger partial charge in [0.05, 0.1) is 5.75 Å². The van der Waals surface area contributed by atoms with Crippen molar-refractivity contribution in [2.75, 3.05) is 18.8 Å². The van der Waals surface area contributed by atoms with Gasteiger partial charge in [-0.25, -0.2) is 21.5 Å². The van der Waals surface area contributed by atoms with Crippen molar-refractivity contribution in [3.8, 4) is 0 Å². The summed E-state index contributed by atoms with van der Waals surface area (Å²) < 4.78 is 49.6. The van der Waals surface area contributed by atoms with Crippen LogP contribution in [-0.2, 0) is 10.0 Å². The van der Waals surface area contributed by atoms with Crippen LogP contribution in [0.1, 0.15) is 26.2 Å². The lowest BCUT2D eigenvalue weighted by Crippen LogP contribution is -2.43. The Balaban J connectivity index is 2.58. The first-order valence-corrected chi connectivity index (χ1v) is 6.34. The summed E-state index contributed by atoms with van der Waals surface area (Å²) in [6.07, 6.45) is -0.179. The number of hydrogen-bond donors (Lipinski definition) is 0. The first-order chi connectivity index (χ1) is 6.37. The molecule has 1 fully saturated rings. The molecule has 0 spiro atoms. The molecular formula is C8H15F2NO2S. The Kier molecular flexibility index (Phi) is 3.47. The summed E-state index contributed by atoms with van der Waals surface area (Å²) in [7, 11) is -3.28. The summed E-state index contributed by atoms with van der Waals surface area (Å²) >= 11 is 0. The molecule has 6 heteroatoms. The lowest BCUT2D eigenvalue weighted by Gasteiger charge is -2.30. The van der Waals surface area contributed by atoms with Crippen molar-refractivity contribution in [1.29, 1.82) is 0 Å². The first kappa shape index (κ1) is 11.8. The van der Waals surface area contributed by atoms with Gasteiger partial charge in [-0.3, -0.25) is 0 Å². The molecule has 0 unspecified atom stereocenters. The van der Waals surface area contributed by atoms with E-state index in [1.807, 2.05) is 0 Å². The number of piperidine rings is 1. The predicted octanol–water partition coefficient (Wildman–Crippen LogP) is 1.46. The van der Waals surface area contributed by atoms with Gasteiger partial charge < -0.3 is 0 Å². The van der Waals surface area contributed by atoms with Gasteiger partial charge >= 0.3 is 0 Å². The maximum atomic E-state index is 12.7. The topological polar surface area (TPSA) is 37.4 Å². The van der Waals surface area contributed by atoms with E-state index in [-0.39, 0.29) is 31.7 Å². The first-order valence-electron chi connectivity index (χ1n) is 4.73. The zero-order chi connectivity index (χ0) is 10.8. The molecule has 0 N–H and O–H groups in total. The van der Waals surface area contributed by atoms with Gasteiger partial charge in [0.1, 0.15) is 0 Å². The zero-order valence-electron chi connectivity index (χ0n) is 8.17. The number of nitrogens with zero attached hydrogens (tertiary/aromatic N) is 1. The van der Waals surface area contributed by atoms with Gasteiger partial charge in [0.15, 0.2) is 0 Å². The standard InChI is InChI=1S/C8H15F2NO2S/c1-2-7-14(12,13)11-5-3-8(9,10)4-6-11/h2-7H2,1H3. The Hall–Kier alpha value is -0.230. The van der Waals surface area contributed by atoms with E-state index in [9.17, 15) is 17.2 Å². The van der Waals surface area contributed by atoms with E-state index in [1.165, 1.54) is 4.31 Å². The Morgan fingerprint density at radius 2 is 1.79 bits per heavy atom. The van der Waals surface area contributed by atoms with Gasteiger partial charge in [-0.15, -0.1) is 0 Å². The average Bonchev–Trinajstić information content (AvgIpc) is 2.03. The van der Waals surface area contributed by atoms with Crippen LogP contribution in [-0.4, -0.2) is 37.5 Å². The smallest absolute Gasteiger partial charge is 0.212 e. The second-order valence-electron chi connectivity index (χ2n) is 3.57. The molecule has 1 rings (SSSR count). The fourth-order valence-corrected chi connectivity index (χ4v) is 2.99. The predicted molar refractivity (Wildman–Crippen MR) is 49.8 cm³/mol. The number of halogens is 2. The minimum absolute atomic E-state index is 0.0463. The van der Waals surface area contributed by atoms with Crippen LogP contribution in [0.15, 0.2) is 0 Å². The minimum atomic E-state index is -3.28. The van der Waals surface area contributed by atoms with Crippen molar-refractivity contribution >= 4 is 10.0 Å². The Labute approximate surface area is 83.1 Å². The van der Waals surface area contributed by atoms with Crippen molar-refractivity contribution in [3.63, 3.8) is 0 Å². The number of hydrogen-bond acceptors (Lipinski definition) is 2. The molecule has 0 aromatic carbocycles. The molecule has 84 valence electrons. The van der Waals surface area contributed by atoms with E-state index >= 15 is 0 Å². The van der Waals surface area contributed by atoms with Gasteiger partial charge in [-0.1, -0.05) is 6.92 Å². The SMILES string of the molecule is CCCS(=O)(=O)N1CCC(F)(F)CC1. The normalized spacial score (nSPS) is 23.6. The molecule has 0 amide bonds. The van der Waals surface area contributed by atoms with Crippen molar-refractivity contribution in [2.24, 2.45) is 0 Å². The summed E-state index contributed by atoms with van der Waals surface area (Å²) in [6, 6.07) is 0. The quantitative estimate of drug-likeness (QED) is 0.732. The van der Waals surface area contributed by atoms with E-state index in [0.29, 0.717) is 6.42 Å². The highest BCUT2D eigenvalue weighted by molar-refractivity contribution is 7.89. The number of sulfonamides is 1. The van der Waals surface area contributed by atoms with Crippen LogP contribution in [0, 0.1) is 0 Å². The highest BCUT2D eigenvalue weighted by atomic mass is 32.2. The molecule has 0 aliphatic carbocycles. The third-order valence-corrected chi connectivity index (χ3v) is 4.39. The van der Waals surface area contributed by atoms with Crippen LogP contribution in [0.5, 0.6) is 0 Å². The van der Waals surface area contributed by atoms with Crippen LogP contribution in [0.25, 0.3) is 0 Å². The maximum absolute atomic E-state index is 12.7. The van der Waals surface area contributed by atoms with Crippen molar-refractivity contribution in [2.45, 2.75) is 32.1 Å². The van der Waals surface area contributed by atoms with Crippen LogP contribution >= 0.6 is 0 Å². The van der Waals surface area contributed by atoms with Crippen LogP contribution < -0.4 is 0 Å². The molecule has 0 aromatic heterocycles. The third-order valence-electron chi connectivity index (χ3n) is 2.31. The van der Waals surface area contributed by atoms with E-state index in [1.54, 1.807) is 6.92 Å². The van der Waals surface area contributed by atoms with Crippen LogP contribution in [0.4, 0.5) is 8.78 Å². The second-order valence-corrected chi connectivity index (χ2v) is 5.66. The lowest BCUT2D eigenvalue weighted by molar-refractivity contribution is -0.0411. The fourth-order valence-electron chi connectivity index (χ4n) is 1.48. The highest BCUT2D eigenvalue weighted by Crippen LogP contribution is 2.28. The van der Waals surface area contributed by atoms with E-state index in [4.69, 9.17) is 0 Å². The molecule has 14 heavy (non-hydrogen) atoms. The lowest BCUT2D eigenvalue weighted by atomic mass is 10.1. The molecule has 1 heterocycles. The summed E-state index contributed by atoms with van der Waals surface area (Å²) in [5.74, 6) is -2.63. The van der Waals surface area contributed by atoms with Gasteiger partial charge in [-0.2, -0.15) is 0 Å². The molecule has 1 aliphatic rings. The summed E-state index contributed by atoms with van der Waals surface area (Å²) in [6.45, 7) is 1.67.